The molecule has 0 aliphatic rings. The van der Waals surface area contributed by atoms with E-state index in [2.05, 4.69) is 13.5 Å². The molecule has 0 aliphatic carbocycles. The van der Waals surface area contributed by atoms with Gasteiger partial charge in [0.15, 0.2) is 0 Å². The van der Waals surface area contributed by atoms with Gasteiger partial charge in [0.2, 0.25) is 0 Å². The Bertz CT molecular complexity index is 124. The monoisotopic (exact) mass is 174 g/mol. The van der Waals surface area contributed by atoms with Crippen LogP contribution in [0.1, 0.15) is 33.6 Å². The lowest BCUT2D eigenvalue weighted by atomic mass is 10.1. The van der Waals surface area contributed by atoms with Gasteiger partial charge in [-0.3, -0.25) is 0 Å². The summed E-state index contributed by atoms with van der Waals surface area (Å²) in [5, 5.41) is 10.7. The molecule has 11 heavy (non-hydrogen) atoms. The molecular weight excluding hydrogens is 155 g/mol. The smallest absolute Gasteiger partial charge is 0.0595 e. The van der Waals surface area contributed by atoms with Gasteiger partial charge in [0.1, 0.15) is 0 Å². The van der Waals surface area contributed by atoms with Crippen molar-refractivity contribution in [3.8, 4) is 0 Å². The third-order valence-electron chi connectivity index (χ3n) is 1.54. The van der Waals surface area contributed by atoms with Gasteiger partial charge in [0, 0.05) is 0 Å². The molecule has 0 radical (unpaired) electrons. The van der Waals surface area contributed by atoms with E-state index in [0.717, 1.165) is 27.6 Å². The summed E-state index contributed by atoms with van der Waals surface area (Å²) >= 11 is 0. The standard InChI is InChI=1S/C9H19OP/c1-5-8(2)11-7-6-9(3,4)10/h10-11H,2,5-7H2,1,3-4H3. The summed E-state index contributed by atoms with van der Waals surface area (Å²) in [6, 6.07) is 0. The van der Waals surface area contributed by atoms with Crippen molar-refractivity contribution in [2.24, 2.45) is 0 Å². The average molecular weight is 174 g/mol. The third kappa shape index (κ3) is 8.03. The van der Waals surface area contributed by atoms with Crippen LogP contribution in [0.2, 0.25) is 0 Å². The lowest BCUT2D eigenvalue weighted by Crippen LogP contribution is -2.18. The number of rotatable bonds is 5. The highest BCUT2D eigenvalue weighted by Gasteiger charge is 2.10. The van der Waals surface area contributed by atoms with E-state index in [1.165, 1.54) is 5.31 Å². The first kappa shape index (κ1) is 11.1. The summed E-state index contributed by atoms with van der Waals surface area (Å²) < 4.78 is 0. The van der Waals surface area contributed by atoms with Crippen LogP contribution in [-0.2, 0) is 0 Å². The van der Waals surface area contributed by atoms with Gasteiger partial charge < -0.3 is 5.11 Å². The van der Waals surface area contributed by atoms with E-state index in [1.807, 2.05) is 13.8 Å². The minimum absolute atomic E-state index is 0.499. The van der Waals surface area contributed by atoms with E-state index in [9.17, 15) is 5.11 Å². The topological polar surface area (TPSA) is 20.2 Å². The Labute approximate surface area is 71.7 Å². The zero-order valence-corrected chi connectivity index (χ0v) is 8.78. The molecule has 0 spiro atoms. The lowest BCUT2D eigenvalue weighted by molar-refractivity contribution is 0.0776. The first-order chi connectivity index (χ1) is 4.95. The highest BCUT2D eigenvalue weighted by Crippen LogP contribution is 2.27. The quantitative estimate of drug-likeness (QED) is 0.635. The van der Waals surface area contributed by atoms with Crippen molar-refractivity contribution in [2.45, 2.75) is 39.2 Å². The molecule has 1 unspecified atom stereocenters. The first-order valence-electron chi connectivity index (χ1n) is 4.09. The molecule has 0 rings (SSSR count). The Balaban J connectivity index is 3.35. The normalized spacial score (nSPS) is 12.7. The molecule has 0 amide bonds. The number of hydrogen-bond acceptors (Lipinski definition) is 1. The molecule has 0 saturated carbocycles. The Kier molecular flexibility index (Phi) is 4.96. The molecule has 66 valence electrons. The second-order valence-electron chi connectivity index (χ2n) is 3.45. The van der Waals surface area contributed by atoms with E-state index < -0.39 is 5.60 Å². The number of aliphatic hydroxyl groups is 1. The molecule has 0 aromatic rings. The van der Waals surface area contributed by atoms with E-state index in [1.54, 1.807) is 0 Å². The zero-order valence-electron chi connectivity index (χ0n) is 7.78. The summed E-state index contributed by atoms with van der Waals surface area (Å²) in [5.74, 6) is 0. The van der Waals surface area contributed by atoms with Crippen LogP contribution in [0.5, 0.6) is 0 Å². The molecule has 1 nitrogen and oxygen atoms in total. The lowest BCUT2D eigenvalue weighted by Gasteiger charge is -2.16. The fraction of sp³-hybridized carbons (Fsp3) is 0.778. The van der Waals surface area contributed by atoms with Gasteiger partial charge in [0.25, 0.3) is 0 Å². The molecule has 1 atom stereocenters. The maximum Gasteiger partial charge on any atom is 0.0595 e. The first-order valence-corrected chi connectivity index (χ1v) is 5.30. The van der Waals surface area contributed by atoms with Crippen LogP contribution < -0.4 is 0 Å². The van der Waals surface area contributed by atoms with Crippen molar-refractivity contribution in [1.82, 2.24) is 0 Å². The van der Waals surface area contributed by atoms with Gasteiger partial charge in [-0.2, -0.15) is 0 Å². The molecular formula is C9H19OP. The molecule has 0 saturated heterocycles. The molecule has 0 fully saturated rings. The Morgan fingerprint density at radius 3 is 2.45 bits per heavy atom. The summed E-state index contributed by atoms with van der Waals surface area (Å²) in [5.41, 5.74) is -0.499. The highest BCUT2D eigenvalue weighted by molar-refractivity contribution is 7.42. The van der Waals surface area contributed by atoms with Gasteiger partial charge in [0.05, 0.1) is 5.60 Å². The second-order valence-corrected chi connectivity index (χ2v) is 5.01. The van der Waals surface area contributed by atoms with Crippen LogP contribution in [0.15, 0.2) is 11.9 Å². The second kappa shape index (κ2) is 4.90. The van der Waals surface area contributed by atoms with Gasteiger partial charge >= 0.3 is 0 Å². The molecule has 0 heterocycles. The van der Waals surface area contributed by atoms with Gasteiger partial charge in [-0.15, -0.1) is 0 Å². The van der Waals surface area contributed by atoms with Gasteiger partial charge in [-0.1, -0.05) is 27.4 Å². The van der Waals surface area contributed by atoms with Crippen LogP contribution >= 0.6 is 8.58 Å². The van der Waals surface area contributed by atoms with Crippen LogP contribution in [0.4, 0.5) is 0 Å². The van der Waals surface area contributed by atoms with Crippen molar-refractivity contribution in [2.75, 3.05) is 6.16 Å². The predicted octanol–water partition coefficient (Wildman–Crippen LogP) is 2.75. The van der Waals surface area contributed by atoms with E-state index in [4.69, 9.17) is 0 Å². The van der Waals surface area contributed by atoms with Crippen molar-refractivity contribution in [3.05, 3.63) is 11.9 Å². The zero-order chi connectivity index (χ0) is 8.91. The van der Waals surface area contributed by atoms with Gasteiger partial charge in [-0.05, 0) is 32.9 Å². The van der Waals surface area contributed by atoms with Crippen molar-refractivity contribution in [1.29, 1.82) is 0 Å². The molecule has 0 aliphatic heterocycles. The summed E-state index contributed by atoms with van der Waals surface area (Å²) in [6.45, 7) is 9.75. The van der Waals surface area contributed by atoms with Crippen LogP contribution in [0.3, 0.4) is 0 Å². The average Bonchev–Trinajstić information content (AvgIpc) is 1.85. The summed E-state index contributed by atoms with van der Waals surface area (Å²) in [6.07, 6.45) is 3.03. The predicted molar refractivity (Wildman–Crippen MR) is 53.5 cm³/mol. The summed E-state index contributed by atoms with van der Waals surface area (Å²) in [7, 11) is 0.825. The number of allylic oxidation sites excluding steroid dienone is 1. The largest absolute Gasteiger partial charge is 0.390 e. The van der Waals surface area contributed by atoms with Gasteiger partial charge in [-0.25, -0.2) is 0 Å². The van der Waals surface area contributed by atoms with Crippen molar-refractivity contribution in [3.63, 3.8) is 0 Å². The van der Waals surface area contributed by atoms with E-state index in [0.29, 0.717) is 0 Å². The highest BCUT2D eigenvalue weighted by atomic mass is 31.1. The minimum Gasteiger partial charge on any atom is -0.390 e. The van der Waals surface area contributed by atoms with E-state index in [-0.39, 0.29) is 0 Å². The van der Waals surface area contributed by atoms with Crippen LogP contribution in [-0.4, -0.2) is 16.9 Å². The molecule has 2 heteroatoms. The minimum atomic E-state index is -0.499. The number of hydrogen-bond donors (Lipinski definition) is 1. The Morgan fingerprint density at radius 2 is 2.09 bits per heavy atom. The third-order valence-corrected chi connectivity index (χ3v) is 2.89. The molecule has 0 aromatic carbocycles. The SMILES string of the molecule is C=C(CC)PCCC(C)(C)O. The van der Waals surface area contributed by atoms with Crippen LogP contribution in [0, 0.1) is 0 Å². The van der Waals surface area contributed by atoms with E-state index >= 15 is 0 Å². The molecule has 0 bridgehead atoms. The Morgan fingerprint density at radius 1 is 1.55 bits per heavy atom. The fourth-order valence-electron chi connectivity index (χ4n) is 0.670. The summed E-state index contributed by atoms with van der Waals surface area (Å²) in [4.78, 5) is 0. The maximum absolute atomic E-state index is 9.38. The van der Waals surface area contributed by atoms with Crippen molar-refractivity contribution >= 4 is 8.58 Å². The van der Waals surface area contributed by atoms with Crippen LogP contribution in [0.25, 0.3) is 0 Å². The fourth-order valence-corrected chi connectivity index (χ4v) is 2.01. The molecule has 0 aromatic heterocycles. The maximum atomic E-state index is 9.38. The molecule has 1 N–H and O–H groups in total. The Hall–Kier alpha value is 0.130. The van der Waals surface area contributed by atoms with Crippen molar-refractivity contribution < 1.29 is 5.11 Å².